The smallest absolute Gasteiger partial charge is 0.191 e. The number of rotatable bonds is 1. The number of aromatic amines is 1. The maximum Gasteiger partial charge on any atom is 0.191 e. The molecule has 0 bridgehead atoms. The molecule has 20 heavy (non-hydrogen) atoms. The number of aromatic nitrogens is 2. The average molecular weight is 264 g/mol. The van der Waals surface area contributed by atoms with Crippen LogP contribution in [0.15, 0.2) is 41.2 Å². The molecule has 0 amide bonds. The summed E-state index contributed by atoms with van der Waals surface area (Å²) in [5.74, 6) is 0. The van der Waals surface area contributed by atoms with E-state index in [-0.39, 0.29) is 5.43 Å². The Bertz CT molecular complexity index is 845. The summed E-state index contributed by atoms with van der Waals surface area (Å²) in [6.07, 6.45) is 0. The summed E-state index contributed by atoms with van der Waals surface area (Å²) in [6.45, 7) is 5.92. The first-order chi connectivity index (χ1) is 9.54. The van der Waals surface area contributed by atoms with E-state index in [1.807, 2.05) is 51.1 Å². The quantitative estimate of drug-likeness (QED) is 0.731. The van der Waals surface area contributed by atoms with Gasteiger partial charge < -0.3 is 4.98 Å². The maximum atomic E-state index is 12.3. The number of hydrogen-bond acceptors (Lipinski definition) is 2. The van der Waals surface area contributed by atoms with Crippen molar-refractivity contribution < 1.29 is 0 Å². The molecule has 0 radical (unpaired) electrons. The van der Waals surface area contributed by atoms with E-state index in [0.29, 0.717) is 11.0 Å². The molecule has 0 atom stereocenters. The highest BCUT2D eigenvalue weighted by Gasteiger charge is 2.08. The van der Waals surface area contributed by atoms with Crippen LogP contribution in [-0.2, 0) is 0 Å². The van der Waals surface area contributed by atoms with Gasteiger partial charge in [-0.15, -0.1) is 0 Å². The van der Waals surface area contributed by atoms with Crippen molar-refractivity contribution in [3.05, 3.63) is 63.4 Å². The predicted octanol–water partition coefficient (Wildman–Crippen LogP) is 3.52. The molecule has 2 aromatic heterocycles. The van der Waals surface area contributed by atoms with Crippen molar-refractivity contribution in [1.82, 2.24) is 9.97 Å². The van der Waals surface area contributed by atoms with Crippen molar-refractivity contribution in [3.8, 4) is 11.3 Å². The van der Waals surface area contributed by atoms with Crippen molar-refractivity contribution in [2.75, 3.05) is 0 Å². The first-order valence-electron chi connectivity index (χ1n) is 6.63. The van der Waals surface area contributed by atoms with E-state index in [4.69, 9.17) is 0 Å². The normalized spacial score (nSPS) is 10.9. The molecule has 0 unspecified atom stereocenters. The van der Waals surface area contributed by atoms with Crippen LogP contribution in [0.3, 0.4) is 0 Å². The van der Waals surface area contributed by atoms with Gasteiger partial charge in [-0.1, -0.05) is 29.8 Å². The van der Waals surface area contributed by atoms with Crippen molar-refractivity contribution in [1.29, 1.82) is 0 Å². The number of nitrogens with one attached hydrogen (secondary N) is 1. The zero-order valence-electron chi connectivity index (χ0n) is 11.8. The molecule has 0 fully saturated rings. The van der Waals surface area contributed by atoms with Gasteiger partial charge in [0.05, 0.1) is 11.1 Å². The highest BCUT2D eigenvalue weighted by molar-refractivity contribution is 5.81. The fourth-order valence-electron chi connectivity index (χ4n) is 2.49. The molecular weight excluding hydrogens is 248 g/mol. The molecule has 1 aromatic carbocycles. The maximum absolute atomic E-state index is 12.3. The highest BCUT2D eigenvalue weighted by atomic mass is 16.1. The van der Waals surface area contributed by atoms with Crippen LogP contribution < -0.4 is 5.43 Å². The Kier molecular flexibility index (Phi) is 2.90. The van der Waals surface area contributed by atoms with E-state index < -0.39 is 0 Å². The van der Waals surface area contributed by atoms with E-state index in [2.05, 4.69) is 9.97 Å². The zero-order valence-corrected chi connectivity index (χ0v) is 11.8. The summed E-state index contributed by atoms with van der Waals surface area (Å²) >= 11 is 0. The fourth-order valence-corrected chi connectivity index (χ4v) is 2.49. The number of pyridine rings is 2. The average Bonchev–Trinajstić information content (AvgIpc) is 2.38. The molecule has 3 heteroatoms. The van der Waals surface area contributed by atoms with Crippen molar-refractivity contribution >= 4 is 11.0 Å². The second-order valence-electron chi connectivity index (χ2n) is 5.22. The third-order valence-corrected chi connectivity index (χ3v) is 3.48. The van der Waals surface area contributed by atoms with Crippen LogP contribution >= 0.6 is 0 Å². The van der Waals surface area contributed by atoms with E-state index >= 15 is 0 Å². The van der Waals surface area contributed by atoms with Gasteiger partial charge in [0.1, 0.15) is 5.65 Å². The molecule has 0 aliphatic carbocycles. The molecular formula is C17H16N2O. The SMILES string of the molecule is Cc1ccc(-c2cc(=O)c3c(C)cc(C)nc3[nH]2)cc1. The van der Waals surface area contributed by atoms with Gasteiger partial charge in [-0.3, -0.25) is 4.79 Å². The number of benzene rings is 1. The molecule has 0 aliphatic rings. The van der Waals surface area contributed by atoms with Crippen LogP contribution in [0.4, 0.5) is 0 Å². The van der Waals surface area contributed by atoms with E-state index in [0.717, 1.165) is 22.5 Å². The van der Waals surface area contributed by atoms with Crippen LogP contribution in [0.25, 0.3) is 22.3 Å². The molecule has 1 N–H and O–H groups in total. The molecule has 3 rings (SSSR count). The molecule has 3 aromatic rings. The Morgan fingerprint density at radius 2 is 1.70 bits per heavy atom. The Morgan fingerprint density at radius 3 is 2.40 bits per heavy atom. The van der Waals surface area contributed by atoms with Crippen LogP contribution in [0, 0.1) is 20.8 Å². The lowest BCUT2D eigenvalue weighted by Gasteiger charge is -2.07. The van der Waals surface area contributed by atoms with Crippen LogP contribution in [0.2, 0.25) is 0 Å². The standard InChI is InChI=1S/C17H16N2O/c1-10-4-6-13(7-5-10)14-9-15(20)16-11(2)8-12(3)18-17(16)19-14/h4-9H,1-3H3,(H,18,19,20). The third kappa shape index (κ3) is 2.11. The number of nitrogens with zero attached hydrogens (tertiary/aromatic N) is 1. The number of aryl methyl sites for hydroxylation is 3. The Labute approximate surface area is 117 Å². The second kappa shape index (κ2) is 4.60. The Balaban J connectivity index is 2.29. The lowest BCUT2D eigenvalue weighted by atomic mass is 10.1. The molecule has 100 valence electrons. The first kappa shape index (κ1) is 12.6. The van der Waals surface area contributed by atoms with Crippen LogP contribution in [0.5, 0.6) is 0 Å². The Morgan fingerprint density at radius 1 is 1.00 bits per heavy atom. The van der Waals surface area contributed by atoms with E-state index in [9.17, 15) is 4.79 Å². The van der Waals surface area contributed by atoms with Gasteiger partial charge in [-0.2, -0.15) is 0 Å². The lowest BCUT2D eigenvalue weighted by molar-refractivity contribution is 1.18. The van der Waals surface area contributed by atoms with Crippen molar-refractivity contribution in [2.45, 2.75) is 20.8 Å². The Hall–Kier alpha value is -2.42. The summed E-state index contributed by atoms with van der Waals surface area (Å²) in [7, 11) is 0. The largest absolute Gasteiger partial charge is 0.339 e. The molecule has 0 aliphatic heterocycles. The zero-order chi connectivity index (χ0) is 14.3. The number of hydrogen-bond donors (Lipinski definition) is 1. The van der Waals surface area contributed by atoms with Gasteiger partial charge in [0.25, 0.3) is 0 Å². The van der Waals surface area contributed by atoms with Crippen LogP contribution in [0.1, 0.15) is 16.8 Å². The minimum atomic E-state index is 0.0133. The summed E-state index contributed by atoms with van der Waals surface area (Å²) in [5, 5.41) is 0.673. The predicted molar refractivity (Wildman–Crippen MR) is 82.0 cm³/mol. The monoisotopic (exact) mass is 264 g/mol. The van der Waals surface area contributed by atoms with Crippen LogP contribution in [-0.4, -0.2) is 9.97 Å². The molecule has 3 nitrogen and oxygen atoms in total. The number of fused-ring (bicyclic) bond motifs is 1. The summed E-state index contributed by atoms with van der Waals surface area (Å²) in [4.78, 5) is 20.0. The topological polar surface area (TPSA) is 45.8 Å². The molecule has 0 saturated carbocycles. The van der Waals surface area contributed by atoms with E-state index in [1.165, 1.54) is 5.56 Å². The highest BCUT2D eigenvalue weighted by Crippen LogP contribution is 2.20. The van der Waals surface area contributed by atoms with E-state index in [1.54, 1.807) is 6.07 Å². The summed E-state index contributed by atoms with van der Waals surface area (Å²) < 4.78 is 0. The van der Waals surface area contributed by atoms with Gasteiger partial charge in [0.15, 0.2) is 5.43 Å². The van der Waals surface area contributed by atoms with Crippen molar-refractivity contribution in [3.63, 3.8) is 0 Å². The fraction of sp³-hybridized carbons (Fsp3) is 0.176. The molecule has 0 saturated heterocycles. The molecule has 0 spiro atoms. The van der Waals surface area contributed by atoms with Gasteiger partial charge in [0, 0.05) is 11.8 Å². The second-order valence-corrected chi connectivity index (χ2v) is 5.22. The van der Waals surface area contributed by atoms with Gasteiger partial charge in [-0.25, -0.2) is 4.98 Å². The van der Waals surface area contributed by atoms with Gasteiger partial charge in [0.2, 0.25) is 0 Å². The summed E-state index contributed by atoms with van der Waals surface area (Å²) in [6, 6.07) is 11.7. The van der Waals surface area contributed by atoms with Gasteiger partial charge in [-0.05, 0) is 38.0 Å². The first-order valence-corrected chi connectivity index (χ1v) is 6.63. The third-order valence-electron chi connectivity index (χ3n) is 3.48. The minimum Gasteiger partial charge on any atom is -0.339 e. The van der Waals surface area contributed by atoms with Crippen molar-refractivity contribution in [2.24, 2.45) is 0 Å². The number of H-pyrrole nitrogens is 1. The molecule has 2 heterocycles. The minimum absolute atomic E-state index is 0.0133. The lowest BCUT2D eigenvalue weighted by Crippen LogP contribution is -2.06. The summed E-state index contributed by atoms with van der Waals surface area (Å²) in [5.41, 5.74) is 5.54. The van der Waals surface area contributed by atoms with Gasteiger partial charge >= 0.3 is 0 Å².